The molecule has 1 N–H and O–H groups in total. The molecule has 162 valence electrons. The van der Waals surface area contributed by atoms with Crippen molar-refractivity contribution >= 4 is 5.91 Å². The molecule has 1 saturated heterocycles. The second-order valence-electron chi connectivity index (χ2n) is 7.34. The van der Waals surface area contributed by atoms with Gasteiger partial charge in [-0.1, -0.05) is 30.3 Å². The summed E-state index contributed by atoms with van der Waals surface area (Å²) in [4.78, 5) is 14.8. The van der Waals surface area contributed by atoms with Crippen molar-refractivity contribution in [2.45, 2.75) is 25.7 Å². The van der Waals surface area contributed by atoms with E-state index in [0.717, 1.165) is 17.7 Å². The standard InChI is InChI=1S/C23H30N2O5/c1-16-13-25(14-22(30-16)17-8-6-5-7-9-17)15-23(26)24-12-18-10-20(28-3)21(29-4)11-19(18)27-2/h5-11,16,22H,12-15H2,1-4H3,(H,24,26). The molecule has 1 fully saturated rings. The number of amides is 1. The first-order valence-electron chi connectivity index (χ1n) is 10.0. The van der Waals surface area contributed by atoms with E-state index in [4.69, 9.17) is 18.9 Å². The molecule has 2 aromatic carbocycles. The third kappa shape index (κ3) is 5.43. The summed E-state index contributed by atoms with van der Waals surface area (Å²) in [5, 5.41) is 2.98. The van der Waals surface area contributed by atoms with Gasteiger partial charge in [0, 0.05) is 31.3 Å². The maximum atomic E-state index is 12.6. The lowest BCUT2D eigenvalue weighted by Gasteiger charge is -2.36. The number of morpholine rings is 1. The third-order valence-electron chi connectivity index (χ3n) is 5.14. The summed E-state index contributed by atoms with van der Waals surface area (Å²) in [7, 11) is 4.74. The van der Waals surface area contributed by atoms with Gasteiger partial charge in [-0.25, -0.2) is 0 Å². The number of hydrogen-bond acceptors (Lipinski definition) is 6. The molecule has 2 unspecified atom stereocenters. The molecular formula is C23H30N2O5. The highest BCUT2D eigenvalue weighted by atomic mass is 16.5. The fourth-order valence-corrected chi connectivity index (χ4v) is 3.70. The van der Waals surface area contributed by atoms with Crippen molar-refractivity contribution < 1.29 is 23.7 Å². The lowest BCUT2D eigenvalue weighted by atomic mass is 10.1. The van der Waals surface area contributed by atoms with Crippen LogP contribution in [0.1, 0.15) is 24.2 Å². The average molecular weight is 415 g/mol. The number of nitrogens with zero attached hydrogens (tertiary/aromatic N) is 1. The minimum Gasteiger partial charge on any atom is -0.496 e. The monoisotopic (exact) mass is 414 g/mol. The Morgan fingerprint density at radius 2 is 1.70 bits per heavy atom. The molecule has 3 rings (SSSR count). The summed E-state index contributed by atoms with van der Waals surface area (Å²) in [6.45, 7) is 4.09. The molecule has 1 aliphatic heterocycles. The summed E-state index contributed by atoms with van der Waals surface area (Å²) < 4.78 is 22.2. The van der Waals surface area contributed by atoms with Crippen LogP contribution in [0.25, 0.3) is 0 Å². The number of rotatable bonds is 8. The second kappa shape index (κ2) is 10.3. The Hall–Kier alpha value is -2.77. The van der Waals surface area contributed by atoms with Crippen LogP contribution in [-0.2, 0) is 16.1 Å². The van der Waals surface area contributed by atoms with Crippen molar-refractivity contribution in [2.75, 3.05) is 41.0 Å². The van der Waals surface area contributed by atoms with E-state index in [0.29, 0.717) is 36.9 Å². The molecule has 0 bridgehead atoms. The number of carbonyl (C=O) groups is 1. The van der Waals surface area contributed by atoms with Crippen molar-refractivity contribution in [1.82, 2.24) is 10.2 Å². The number of ether oxygens (including phenoxy) is 4. The average Bonchev–Trinajstić information content (AvgIpc) is 2.77. The predicted molar refractivity (Wildman–Crippen MR) is 114 cm³/mol. The van der Waals surface area contributed by atoms with Crippen LogP contribution in [0.15, 0.2) is 42.5 Å². The maximum absolute atomic E-state index is 12.6. The number of hydrogen-bond donors (Lipinski definition) is 1. The highest BCUT2D eigenvalue weighted by Crippen LogP contribution is 2.34. The molecule has 7 heteroatoms. The largest absolute Gasteiger partial charge is 0.496 e. The van der Waals surface area contributed by atoms with Gasteiger partial charge in [-0.15, -0.1) is 0 Å². The van der Waals surface area contributed by atoms with E-state index in [1.807, 2.05) is 31.2 Å². The van der Waals surface area contributed by atoms with E-state index < -0.39 is 0 Å². The summed E-state index contributed by atoms with van der Waals surface area (Å²) in [5.41, 5.74) is 1.95. The van der Waals surface area contributed by atoms with E-state index in [2.05, 4.69) is 22.3 Å². The molecule has 1 amide bonds. The van der Waals surface area contributed by atoms with E-state index in [-0.39, 0.29) is 18.1 Å². The quantitative estimate of drug-likeness (QED) is 0.716. The molecule has 0 saturated carbocycles. The zero-order valence-corrected chi connectivity index (χ0v) is 18.0. The topological polar surface area (TPSA) is 69.3 Å². The number of methoxy groups -OCH3 is 3. The van der Waals surface area contributed by atoms with Gasteiger partial charge in [-0.2, -0.15) is 0 Å². The molecule has 2 atom stereocenters. The first-order valence-corrected chi connectivity index (χ1v) is 10.0. The molecule has 2 aromatic rings. The van der Waals surface area contributed by atoms with Gasteiger partial charge in [0.15, 0.2) is 11.5 Å². The van der Waals surface area contributed by atoms with E-state index in [1.54, 1.807) is 27.4 Å². The lowest BCUT2D eigenvalue weighted by molar-refractivity contribution is -0.127. The van der Waals surface area contributed by atoms with Gasteiger partial charge in [-0.05, 0) is 18.6 Å². The molecule has 1 aliphatic rings. The summed E-state index contributed by atoms with van der Waals surface area (Å²) in [5.74, 6) is 1.76. The fraction of sp³-hybridized carbons (Fsp3) is 0.435. The van der Waals surface area contributed by atoms with Crippen molar-refractivity contribution in [3.63, 3.8) is 0 Å². The summed E-state index contributed by atoms with van der Waals surface area (Å²) in [6, 6.07) is 13.7. The fourth-order valence-electron chi connectivity index (χ4n) is 3.70. The van der Waals surface area contributed by atoms with Crippen LogP contribution in [0.2, 0.25) is 0 Å². The Bertz CT molecular complexity index is 843. The van der Waals surface area contributed by atoms with Gasteiger partial charge in [0.25, 0.3) is 0 Å². The first kappa shape index (κ1) is 21.9. The summed E-state index contributed by atoms with van der Waals surface area (Å²) in [6.07, 6.45) is 0.0244. The van der Waals surface area contributed by atoms with Gasteiger partial charge >= 0.3 is 0 Å². The SMILES string of the molecule is COc1cc(OC)c(OC)cc1CNC(=O)CN1CC(C)OC(c2ccccc2)C1. The highest BCUT2D eigenvalue weighted by molar-refractivity contribution is 5.78. The predicted octanol–water partition coefficient (Wildman–Crippen LogP) is 2.79. The Kier molecular flexibility index (Phi) is 7.54. The molecule has 1 heterocycles. The summed E-state index contributed by atoms with van der Waals surface area (Å²) >= 11 is 0. The van der Waals surface area contributed by atoms with E-state index in [1.165, 1.54) is 0 Å². The highest BCUT2D eigenvalue weighted by Gasteiger charge is 2.27. The van der Waals surface area contributed by atoms with Crippen LogP contribution >= 0.6 is 0 Å². The first-order chi connectivity index (χ1) is 14.5. The second-order valence-corrected chi connectivity index (χ2v) is 7.34. The molecule has 0 spiro atoms. The smallest absolute Gasteiger partial charge is 0.234 e. The van der Waals surface area contributed by atoms with Crippen LogP contribution in [0, 0.1) is 0 Å². The Morgan fingerprint density at radius 3 is 2.37 bits per heavy atom. The van der Waals surface area contributed by atoms with E-state index >= 15 is 0 Å². The third-order valence-corrected chi connectivity index (χ3v) is 5.14. The molecular weight excluding hydrogens is 384 g/mol. The maximum Gasteiger partial charge on any atom is 0.234 e. The number of benzene rings is 2. The number of carbonyl (C=O) groups excluding carboxylic acids is 1. The van der Waals surface area contributed by atoms with Gasteiger partial charge < -0.3 is 24.3 Å². The van der Waals surface area contributed by atoms with Crippen molar-refractivity contribution in [2.24, 2.45) is 0 Å². The molecule has 7 nitrogen and oxygen atoms in total. The van der Waals surface area contributed by atoms with Gasteiger partial charge in [0.1, 0.15) is 5.75 Å². The Balaban J connectivity index is 1.60. The van der Waals surface area contributed by atoms with Crippen LogP contribution in [-0.4, -0.2) is 57.9 Å². The van der Waals surface area contributed by atoms with Crippen molar-refractivity contribution in [3.05, 3.63) is 53.6 Å². The van der Waals surface area contributed by atoms with Gasteiger partial charge in [0.2, 0.25) is 5.91 Å². The molecule has 0 aromatic heterocycles. The zero-order chi connectivity index (χ0) is 21.5. The van der Waals surface area contributed by atoms with Crippen molar-refractivity contribution in [1.29, 1.82) is 0 Å². The minimum absolute atomic E-state index is 0.0336. The van der Waals surface area contributed by atoms with Crippen LogP contribution < -0.4 is 19.5 Å². The minimum atomic E-state index is -0.0484. The van der Waals surface area contributed by atoms with Gasteiger partial charge in [0.05, 0.1) is 40.1 Å². The van der Waals surface area contributed by atoms with Crippen LogP contribution in [0.5, 0.6) is 17.2 Å². The Labute approximate surface area is 177 Å². The number of nitrogens with one attached hydrogen (secondary N) is 1. The normalized spacial score (nSPS) is 19.2. The molecule has 0 radical (unpaired) electrons. The van der Waals surface area contributed by atoms with E-state index in [9.17, 15) is 4.79 Å². The van der Waals surface area contributed by atoms with Crippen molar-refractivity contribution in [3.8, 4) is 17.2 Å². The van der Waals surface area contributed by atoms with Crippen LogP contribution in [0.4, 0.5) is 0 Å². The van der Waals surface area contributed by atoms with Crippen LogP contribution in [0.3, 0.4) is 0 Å². The van der Waals surface area contributed by atoms with Gasteiger partial charge in [-0.3, -0.25) is 9.69 Å². The molecule has 30 heavy (non-hydrogen) atoms. The lowest BCUT2D eigenvalue weighted by Crippen LogP contribution is -2.47. The zero-order valence-electron chi connectivity index (χ0n) is 18.0. The molecule has 0 aliphatic carbocycles. The Morgan fingerprint density at radius 1 is 1.03 bits per heavy atom.